The van der Waals surface area contributed by atoms with Gasteiger partial charge in [0.1, 0.15) is 12.1 Å². The number of hydrogen-bond acceptors (Lipinski definition) is 13. The molecule has 3 aromatic carbocycles. The average Bonchev–Trinajstić information content (AvgIpc) is 4.11. The second-order valence-corrected chi connectivity index (χ2v) is 23.8. The zero-order valence-electron chi connectivity index (χ0n) is 48.3. The Kier molecular flexibility index (Phi) is 21.9. The average molecular weight is 1130 g/mol. The van der Waals surface area contributed by atoms with E-state index >= 15 is 0 Å². The van der Waals surface area contributed by atoms with Gasteiger partial charge in [-0.15, -0.1) is 11.3 Å². The van der Waals surface area contributed by atoms with Crippen LogP contribution in [0.4, 0.5) is 17.3 Å². The van der Waals surface area contributed by atoms with E-state index in [1.165, 1.54) is 4.90 Å². The Morgan fingerprint density at radius 3 is 2.10 bits per heavy atom. The first kappa shape index (κ1) is 60.7. The Hall–Kier alpha value is -7.41. The number of nitrogens with one attached hydrogen (secondary N) is 4. The number of amides is 5. The first-order chi connectivity index (χ1) is 39.6. The topological polar surface area (TPSA) is 215 Å². The number of pyridine rings is 1. The largest absolute Gasteiger partial charge is 0.391 e. The highest BCUT2D eigenvalue weighted by atomic mass is 32.1. The molecule has 18 heteroatoms. The molecule has 2 saturated heterocycles. The fraction of sp³-hybridized carbons (Fsp3) is 0.453. The predicted octanol–water partition coefficient (Wildman–Crippen LogP) is 10.4. The highest BCUT2D eigenvalue weighted by molar-refractivity contribution is 7.13. The molecule has 82 heavy (non-hydrogen) atoms. The van der Waals surface area contributed by atoms with Crippen molar-refractivity contribution in [1.82, 2.24) is 45.3 Å². The summed E-state index contributed by atoms with van der Waals surface area (Å²) in [7, 11) is 0. The van der Waals surface area contributed by atoms with Gasteiger partial charge in [0.05, 0.1) is 27.9 Å². The van der Waals surface area contributed by atoms with E-state index in [9.17, 15) is 29.1 Å². The van der Waals surface area contributed by atoms with Crippen LogP contribution in [0.15, 0.2) is 109 Å². The van der Waals surface area contributed by atoms with E-state index in [4.69, 9.17) is 0 Å². The maximum Gasteiger partial charge on any atom is 0.255 e. The number of carbonyl (C=O) groups excluding carboxylic acids is 5. The van der Waals surface area contributed by atoms with Crippen molar-refractivity contribution in [3.8, 4) is 21.7 Å². The van der Waals surface area contributed by atoms with Gasteiger partial charge in [-0.1, -0.05) is 115 Å². The minimum Gasteiger partial charge on any atom is -0.391 e. The fourth-order valence-corrected chi connectivity index (χ4v) is 11.4. The molecule has 2 aliphatic heterocycles. The number of aliphatic hydroxyl groups excluding tert-OH is 1. The molecule has 5 N–H and O–H groups in total. The number of β-amino-alcohol motifs (C(OH)–C–C–N with tert-alkyl or cyclic N) is 1. The van der Waals surface area contributed by atoms with Crippen molar-refractivity contribution >= 4 is 58.2 Å². The molecule has 5 heterocycles. The summed E-state index contributed by atoms with van der Waals surface area (Å²) in [6.07, 6.45) is 15.7. The van der Waals surface area contributed by atoms with Crippen molar-refractivity contribution in [3.05, 3.63) is 137 Å². The number of aliphatic hydroxyl groups is 1. The lowest BCUT2D eigenvalue weighted by Crippen LogP contribution is -2.57. The van der Waals surface area contributed by atoms with Crippen LogP contribution in [0.1, 0.15) is 137 Å². The number of thiazole rings is 1. The van der Waals surface area contributed by atoms with Gasteiger partial charge in [0.2, 0.25) is 29.6 Å². The molecule has 2 aliphatic rings. The Morgan fingerprint density at radius 1 is 0.756 bits per heavy atom. The van der Waals surface area contributed by atoms with Gasteiger partial charge in [-0.3, -0.25) is 33.9 Å². The molecule has 8 rings (SSSR count). The number of carbonyl (C=O) groups is 5. The molecule has 5 amide bonds. The second-order valence-electron chi connectivity index (χ2n) is 22.9. The molecule has 0 radical (unpaired) electrons. The molecule has 6 aromatic rings. The smallest absolute Gasteiger partial charge is 0.255 e. The van der Waals surface area contributed by atoms with Gasteiger partial charge in [-0.25, -0.2) is 15.0 Å². The van der Waals surface area contributed by atoms with Crippen molar-refractivity contribution in [3.63, 3.8) is 0 Å². The molecule has 1 unspecified atom stereocenters. The van der Waals surface area contributed by atoms with Gasteiger partial charge < -0.3 is 36.2 Å². The van der Waals surface area contributed by atoms with E-state index < -0.39 is 23.6 Å². The molecule has 434 valence electrons. The molecular formula is C64H81N11O6S. The van der Waals surface area contributed by atoms with Crippen LogP contribution in [0, 0.1) is 19.3 Å². The van der Waals surface area contributed by atoms with E-state index in [1.54, 1.807) is 29.9 Å². The molecule has 3 aromatic heterocycles. The van der Waals surface area contributed by atoms with E-state index in [2.05, 4.69) is 46.1 Å². The third-order valence-corrected chi connectivity index (χ3v) is 16.4. The molecule has 3 atom stereocenters. The van der Waals surface area contributed by atoms with Gasteiger partial charge in [-0.2, -0.15) is 0 Å². The second kappa shape index (κ2) is 29.5. The molecule has 0 saturated carbocycles. The summed E-state index contributed by atoms with van der Waals surface area (Å²) in [6.45, 7) is 13.8. The molecule has 17 nitrogen and oxygen atoms in total. The van der Waals surface area contributed by atoms with Crippen molar-refractivity contribution < 1.29 is 29.1 Å². The Morgan fingerprint density at radius 2 is 1.44 bits per heavy atom. The summed E-state index contributed by atoms with van der Waals surface area (Å²) in [5.74, 6) is -0.386. The third-order valence-electron chi connectivity index (χ3n) is 15.5. The third kappa shape index (κ3) is 17.6. The number of rotatable bonds is 26. The minimum atomic E-state index is -0.845. The van der Waals surface area contributed by atoms with Gasteiger partial charge in [0.15, 0.2) is 0 Å². The van der Waals surface area contributed by atoms with Crippen LogP contribution in [0.2, 0.25) is 0 Å². The number of anilines is 3. The molecule has 0 bridgehead atoms. The fourth-order valence-electron chi connectivity index (χ4n) is 10.6. The Bertz CT molecular complexity index is 3070. The lowest BCUT2D eigenvalue weighted by atomic mass is 9.85. The van der Waals surface area contributed by atoms with E-state index in [0.717, 1.165) is 147 Å². The van der Waals surface area contributed by atoms with Crippen LogP contribution in [0.3, 0.4) is 0 Å². The van der Waals surface area contributed by atoms with Crippen LogP contribution in [0.5, 0.6) is 0 Å². The van der Waals surface area contributed by atoms with Crippen LogP contribution in [-0.2, 0) is 32.3 Å². The highest BCUT2D eigenvalue weighted by Gasteiger charge is 2.44. The summed E-state index contributed by atoms with van der Waals surface area (Å²) in [6, 6.07) is 25.3. The number of aromatic nitrogens is 4. The van der Waals surface area contributed by atoms with Gasteiger partial charge >= 0.3 is 0 Å². The van der Waals surface area contributed by atoms with Gasteiger partial charge in [-0.05, 0) is 96.8 Å². The number of unbranched alkanes of at least 4 members (excludes halogenated alkanes) is 9. The van der Waals surface area contributed by atoms with E-state index in [0.29, 0.717) is 30.0 Å². The summed E-state index contributed by atoms with van der Waals surface area (Å²) in [5, 5.41) is 22.9. The monoisotopic (exact) mass is 1130 g/mol. The number of likely N-dealkylation sites (tertiary alicyclic amines) is 1. The maximum atomic E-state index is 14.0. The lowest BCUT2D eigenvalue weighted by molar-refractivity contribution is -0.144. The number of nitrogens with zero attached hydrogens (tertiary/aromatic N) is 7. The van der Waals surface area contributed by atoms with Crippen molar-refractivity contribution in [2.24, 2.45) is 5.41 Å². The Balaban J connectivity index is 0.645. The molecule has 0 spiro atoms. The molecule has 0 aliphatic carbocycles. The van der Waals surface area contributed by atoms with Gasteiger partial charge in [0, 0.05) is 106 Å². The summed E-state index contributed by atoms with van der Waals surface area (Å²) >= 11 is 1.59. The van der Waals surface area contributed by atoms with Crippen molar-refractivity contribution in [1.29, 1.82) is 0 Å². The molecular weight excluding hydrogens is 1050 g/mol. The standard InChI is InChI=1S/C64H81N11O6S/c1-44-20-29-51(37-54(44)71-63-66-32-30-53(70-63)50-17-16-31-65-40-50)69-60(79)49-27-23-47(24-28-49)41-73-33-35-74(36-34-73)57(78)19-15-13-11-9-7-6-8-10-12-14-18-56(77)72-59(64(3,4)5)62(81)75-42-52(76)38-55(75)61(80)67-39-46-21-25-48(26-22-46)58-45(2)68-43-82-58/h16-17,20-32,37,40,43,52,55,59,76H,6-15,18-19,33-36,38-39,41-42H2,1-5H3,(H,67,80)(H,69,79)(H,72,77)(H,66,70,71)/t52-,55+,59?/m1/s1. The van der Waals surface area contributed by atoms with Crippen LogP contribution in [-0.4, -0.2) is 120 Å². The van der Waals surface area contributed by atoms with Crippen molar-refractivity contribution in [2.75, 3.05) is 43.4 Å². The SMILES string of the molecule is Cc1ccc(NC(=O)c2ccc(CN3CCN(C(=O)CCCCCCCCCCCCC(=O)NC(C(=O)N4C[C@H](O)C[C@H]4C(=O)NCc4ccc(-c5scnc5C)cc4)C(C)(C)C)CC3)cc2)cc1Nc1nccc(-c2cccnc2)n1. The van der Waals surface area contributed by atoms with Crippen LogP contribution >= 0.6 is 11.3 Å². The zero-order chi connectivity index (χ0) is 58.0. The van der Waals surface area contributed by atoms with Crippen molar-refractivity contribution in [2.45, 2.75) is 149 Å². The minimum absolute atomic E-state index is 0.0358. The van der Waals surface area contributed by atoms with E-state index in [-0.39, 0.29) is 49.0 Å². The number of aryl methyl sites for hydroxylation is 2. The number of piperazine rings is 1. The van der Waals surface area contributed by atoms with Crippen LogP contribution < -0.4 is 21.3 Å². The summed E-state index contributed by atoms with van der Waals surface area (Å²) in [4.78, 5) is 91.6. The lowest BCUT2D eigenvalue weighted by Gasteiger charge is -2.35. The first-order valence-corrected chi connectivity index (χ1v) is 30.0. The highest BCUT2D eigenvalue weighted by Crippen LogP contribution is 2.30. The maximum absolute atomic E-state index is 14.0. The normalized spacial score (nSPS) is 15.9. The predicted molar refractivity (Wildman–Crippen MR) is 323 cm³/mol. The van der Waals surface area contributed by atoms with E-state index in [1.807, 2.05) is 130 Å². The first-order valence-electron chi connectivity index (χ1n) is 29.1. The number of hydrogen-bond donors (Lipinski definition) is 5. The number of benzene rings is 3. The summed E-state index contributed by atoms with van der Waals surface area (Å²) in [5.41, 5.74) is 9.92. The quantitative estimate of drug-likeness (QED) is 0.0321. The van der Waals surface area contributed by atoms with Gasteiger partial charge in [0.25, 0.3) is 5.91 Å². The van der Waals surface area contributed by atoms with Crippen LogP contribution in [0.25, 0.3) is 21.7 Å². The molecule has 2 fully saturated rings. The zero-order valence-corrected chi connectivity index (χ0v) is 49.1. The Labute approximate surface area is 487 Å². The summed E-state index contributed by atoms with van der Waals surface area (Å²) < 4.78 is 0.